The summed E-state index contributed by atoms with van der Waals surface area (Å²) in [4.78, 5) is 15.4. The molecule has 3 rings (SSSR count). The highest BCUT2D eigenvalue weighted by Crippen LogP contribution is 2.30. The lowest BCUT2D eigenvalue weighted by Gasteiger charge is -2.23. The summed E-state index contributed by atoms with van der Waals surface area (Å²) >= 11 is 0. The molecular weight excluding hydrogens is 322 g/mol. The van der Waals surface area contributed by atoms with E-state index in [0.29, 0.717) is 11.3 Å². The summed E-state index contributed by atoms with van der Waals surface area (Å²) in [6.07, 6.45) is 4.82. The van der Waals surface area contributed by atoms with Gasteiger partial charge >= 0.3 is 0 Å². The summed E-state index contributed by atoms with van der Waals surface area (Å²) in [6, 6.07) is 4.82. The van der Waals surface area contributed by atoms with Crippen LogP contribution in [0.4, 0.5) is 11.4 Å². The molecule has 0 unspecified atom stereocenters. The fourth-order valence-electron chi connectivity index (χ4n) is 3.26. The van der Waals surface area contributed by atoms with Gasteiger partial charge in [0, 0.05) is 57.6 Å². The minimum atomic E-state index is -0.352. The van der Waals surface area contributed by atoms with Crippen molar-refractivity contribution in [2.75, 3.05) is 31.1 Å². The monoisotopic (exact) mass is 345 g/mol. The van der Waals surface area contributed by atoms with Crippen molar-refractivity contribution < 1.29 is 10.0 Å². The summed E-state index contributed by atoms with van der Waals surface area (Å²) in [5.41, 5.74) is 2.55. The molecule has 0 saturated carbocycles. The molecule has 1 aromatic heterocycles. The van der Waals surface area contributed by atoms with Gasteiger partial charge in [0.15, 0.2) is 0 Å². The van der Waals surface area contributed by atoms with E-state index in [0.717, 1.165) is 39.1 Å². The van der Waals surface area contributed by atoms with Crippen molar-refractivity contribution >= 4 is 11.4 Å². The maximum atomic E-state index is 11.4. The molecule has 0 radical (unpaired) electrons. The molecule has 1 saturated heterocycles. The number of anilines is 1. The second-order valence-corrected chi connectivity index (χ2v) is 6.38. The minimum absolute atomic E-state index is 0.0953. The van der Waals surface area contributed by atoms with E-state index in [1.54, 1.807) is 16.8 Å². The number of aryl methyl sites for hydroxylation is 1. The first-order valence-electron chi connectivity index (χ1n) is 8.40. The van der Waals surface area contributed by atoms with Crippen LogP contribution in [0.3, 0.4) is 0 Å². The van der Waals surface area contributed by atoms with Gasteiger partial charge in [-0.3, -0.25) is 19.7 Å². The molecule has 0 spiro atoms. The van der Waals surface area contributed by atoms with E-state index in [-0.39, 0.29) is 17.2 Å². The van der Waals surface area contributed by atoms with Crippen LogP contribution >= 0.6 is 0 Å². The van der Waals surface area contributed by atoms with Crippen molar-refractivity contribution in [3.63, 3.8) is 0 Å². The molecule has 1 N–H and O–H groups in total. The topological polar surface area (TPSA) is 87.7 Å². The standard InChI is InChI=1S/C17H23N5O3/c1-19-11-15(10-18-19)12-20-5-2-6-21(8-7-20)17-9-14(13-23)3-4-16(17)22(24)25/h3-4,9-11,23H,2,5-8,12-13H2,1H3. The Morgan fingerprint density at radius 3 is 2.76 bits per heavy atom. The molecule has 1 aromatic carbocycles. The number of hydrogen-bond donors (Lipinski definition) is 1. The van der Waals surface area contributed by atoms with Crippen molar-refractivity contribution in [1.82, 2.24) is 14.7 Å². The van der Waals surface area contributed by atoms with Gasteiger partial charge < -0.3 is 10.0 Å². The Balaban J connectivity index is 1.73. The van der Waals surface area contributed by atoms with Crippen molar-refractivity contribution in [3.8, 4) is 0 Å². The van der Waals surface area contributed by atoms with Gasteiger partial charge in [-0.05, 0) is 24.1 Å². The number of nitro benzene ring substituents is 1. The van der Waals surface area contributed by atoms with E-state index in [1.165, 1.54) is 11.6 Å². The average molecular weight is 345 g/mol. The van der Waals surface area contributed by atoms with Crippen LogP contribution in [-0.4, -0.2) is 50.9 Å². The van der Waals surface area contributed by atoms with Crippen LogP contribution in [-0.2, 0) is 20.2 Å². The molecule has 1 aliphatic heterocycles. The van der Waals surface area contributed by atoms with Crippen LogP contribution in [0.15, 0.2) is 30.6 Å². The maximum Gasteiger partial charge on any atom is 0.292 e. The molecule has 1 fully saturated rings. The smallest absolute Gasteiger partial charge is 0.292 e. The van der Waals surface area contributed by atoms with Crippen molar-refractivity contribution in [1.29, 1.82) is 0 Å². The Bertz CT molecular complexity index is 746. The third-order valence-corrected chi connectivity index (χ3v) is 4.51. The van der Waals surface area contributed by atoms with Gasteiger partial charge in [-0.1, -0.05) is 0 Å². The molecule has 134 valence electrons. The van der Waals surface area contributed by atoms with E-state index >= 15 is 0 Å². The molecule has 25 heavy (non-hydrogen) atoms. The summed E-state index contributed by atoms with van der Waals surface area (Å²) in [5, 5.41) is 24.9. The highest BCUT2D eigenvalue weighted by Gasteiger charge is 2.23. The van der Waals surface area contributed by atoms with Crippen LogP contribution in [0.5, 0.6) is 0 Å². The number of aromatic nitrogens is 2. The molecular formula is C17H23N5O3. The van der Waals surface area contributed by atoms with Crippen LogP contribution in [0.25, 0.3) is 0 Å². The molecule has 8 nitrogen and oxygen atoms in total. The van der Waals surface area contributed by atoms with Crippen LogP contribution in [0, 0.1) is 10.1 Å². The summed E-state index contributed by atoms with van der Waals surface area (Å²) in [6.45, 7) is 3.97. The first-order valence-corrected chi connectivity index (χ1v) is 8.40. The zero-order valence-corrected chi connectivity index (χ0v) is 14.3. The van der Waals surface area contributed by atoms with E-state index in [1.807, 2.05) is 19.4 Å². The van der Waals surface area contributed by atoms with Crippen LogP contribution in [0.2, 0.25) is 0 Å². The maximum absolute atomic E-state index is 11.4. The summed E-state index contributed by atoms with van der Waals surface area (Å²) < 4.78 is 1.79. The van der Waals surface area contributed by atoms with E-state index < -0.39 is 0 Å². The lowest BCUT2D eigenvalue weighted by atomic mass is 10.1. The zero-order valence-electron chi connectivity index (χ0n) is 14.3. The van der Waals surface area contributed by atoms with E-state index in [2.05, 4.69) is 14.9 Å². The summed E-state index contributed by atoms with van der Waals surface area (Å²) in [5.74, 6) is 0. The number of benzene rings is 1. The number of aliphatic hydroxyl groups is 1. The number of rotatable bonds is 5. The molecule has 0 aliphatic carbocycles. The second-order valence-electron chi connectivity index (χ2n) is 6.38. The Morgan fingerprint density at radius 2 is 2.08 bits per heavy atom. The van der Waals surface area contributed by atoms with Crippen molar-refractivity contribution in [2.45, 2.75) is 19.6 Å². The molecule has 2 heterocycles. The van der Waals surface area contributed by atoms with Gasteiger partial charge in [0.1, 0.15) is 5.69 Å². The van der Waals surface area contributed by atoms with Gasteiger partial charge in [0.2, 0.25) is 0 Å². The SMILES string of the molecule is Cn1cc(CN2CCCN(c3cc(CO)ccc3[N+](=O)[O-])CC2)cn1. The summed E-state index contributed by atoms with van der Waals surface area (Å²) in [7, 11) is 1.90. The fourth-order valence-corrected chi connectivity index (χ4v) is 3.26. The highest BCUT2D eigenvalue weighted by molar-refractivity contribution is 5.64. The molecule has 8 heteroatoms. The number of nitrogens with zero attached hydrogens (tertiary/aromatic N) is 5. The van der Waals surface area contributed by atoms with Gasteiger partial charge in [0.05, 0.1) is 17.7 Å². The van der Waals surface area contributed by atoms with Gasteiger partial charge in [-0.15, -0.1) is 0 Å². The first-order chi connectivity index (χ1) is 12.1. The first kappa shape index (κ1) is 17.4. The molecule has 0 atom stereocenters. The Hall–Kier alpha value is -2.45. The minimum Gasteiger partial charge on any atom is -0.392 e. The molecule has 0 bridgehead atoms. The van der Waals surface area contributed by atoms with Crippen LogP contribution in [0.1, 0.15) is 17.5 Å². The third kappa shape index (κ3) is 4.15. The predicted octanol–water partition coefficient (Wildman–Crippen LogP) is 1.53. The van der Waals surface area contributed by atoms with Crippen molar-refractivity contribution in [3.05, 3.63) is 51.8 Å². The zero-order chi connectivity index (χ0) is 17.8. The van der Waals surface area contributed by atoms with Crippen LogP contribution < -0.4 is 4.90 Å². The second kappa shape index (κ2) is 7.62. The van der Waals surface area contributed by atoms with E-state index in [9.17, 15) is 15.2 Å². The predicted molar refractivity (Wildman–Crippen MR) is 94.3 cm³/mol. The number of aliphatic hydroxyl groups excluding tert-OH is 1. The normalized spacial score (nSPS) is 16.0. The Morgan fingerprint density at radius 1 is 1.24 bits per heavy atom. The quantitative estimate of drug-likeness (QED) is 0.653. The lowest BCUT2D eigenvalue weighted by molar-refractivity contribution is -0.384. The number of nitro groups is 1. The van der Waals surface area contributed by atoms with Gasteiger partial charge in [-0.25, -0.2) is 0 Å². The van der Waals surface area contributed by atoms with E-state index in [4.69, 9.17) is 0 Å². The Kier molecular flexibility index (Phi) is 5.30. The van der Waals surface area contributed by atoms with Gasteiger partial charge in [-0.2, -0.15) is 5.10 Å². The third-order valence-electron chi connectivity index (χ3n) is 4.51. The number of hydrogen-bond acceptors (Lipinski definition) is 6. The molecule has 0 amide bonds. The molecule has 1 aliphatic rings. The largest absolute Gasteiger partial charge is 0.392 e. The molecule has 2 aromatic rings. The average Bonchev–Trinajstić information content (AvgIpc) is 2.87. The van der Waals surface area contributed by atoms with Gasteiger partial charge in [0.25, 0.3) is 5.69 Å². The fraction of sp³-hybridized carbons (Fsp3) is 0.471. The lowest BCUT2D eigenvalue weighted by Crippen LogP contribution is -2.30. The van der Waals surface area contributed by atoms with Crippen molar-refractivity contribution in [2.24, 2.45) is 7.05 Å². The highest BCUT2D eigenvalue weighted by atomic mass is 16.6. The Labute approximate surface area is 146 Å².